The minimum atomic E-state index is -3.19. The second kappa shape index (κ2) is 5.25. The van der Waals surface area contributed by atoms with Crippen LogP contribution >= 0.6 is 31.9 Å². The standard InChI is InChI=1S/C8H9Br2NO2S/c9-6-14(12,13)11-5-7-3-1-2-4-8(7)10/h1-4,11H,5-6H2. The van der Waals surface area contributed by atoms with Crippen LogP contribution in [-0.4, -0.2) is 13.1 Å². The van der Waals surface area contributed by atoms with Crippen LogP contribution in [0, 0.1) is 0 Å². The molecule has 3 nitrogen and oxygen atoms in total. The van der Waals surface area contributed by atoms with Gasteiger partial charge in [0, 0.05) is 11.0 Å². The van der Waals surface area contributed by atoms with Crippen LogP contribution in [0.25, 0.3) is 0 Å². The van der Waals surface area contributed by atoms with Crippen molar-refractivity contribution in [1.82, 2.24) is 4.72 Å². The van der Waals surface area contributed by atoms with Crippen molar-refractivity contribution in [3.8, 4) is 0 Å². The molecule has 0 aromatic heterocycles. The average molecular weight is 343 g/mol. The molecule has 0 aliphatic carbocycles. The van der Waals surface area contributed by atoms with Crippen LogP contribution in [0.5, 0.6) is 0 Å². The Hall–Kier alpha value is 0.0900. The lowest BCUT2D eigenvalue weighted by Gasteiger charge is -2.05. The van der Waals surface area contributed by atoms with Crippen molar-refractivity contribution >= 4 is 41.9 Å². The summed E-state index contributed by atoms with van der Waals surface area (Å²) in [7, 11) is -3.19. The Morgan fingerprint density at radius 2 is 1.93 bits per heavy atom. The van der Waals surface area contributed by atoms with E-state index in [0.717, 1.165) is 10.0 Å². The second-order valence-electron chi connectivity index (χ2n) is 2.64. The number of benzene rings is 1. The van der Waals surface area contributed by atoms with Gasteiger partial charge >= 0.3 is 0 Å². The summed E-state index contributed by atoms with van der Waals surface area (Å²) in [5.74, 6) is 0. The summed E-state index contributed by atoms with van der Waals surface area (Å²) >= 11 is 6.24. The predicted octanol–water partition coefficient (Wildman–Crippen LogP) is 2.22. The van der Waals surface area contributed by atoms with E-state index in [1.165, 1.54) is 0 Å². The number of alkyl halides is 1. The lowest BCUT2D eigenvalue weighted by atomic mass is 10.2. The van der Waals surface area contributed by atoms with E-state index < -0.39 is 10.0 Å². The molecule has 14 heavy (non-hydrogen) atoms. The number of hydrogen-bond acceptors (Lipinski definition) is 2. The molecule has 1 aromatic carbocycles. The summed E-state index contributed by atoms with van der Waals surface area (Å²) in [6, 6.07) is 7.48. The molecule has 0 fully saturated rings. The minimum absolute atomic E-state index is 0.0789. The zero-order valence-corrected chi connectivity index (χ0v) is 11.2. The summed E-state index contributed by atoms with van der Waals surface area (Å²) in [6.45, 7) is 0.301. The SMILES string of the molecule is O=S(=O)(CBr)NCc1ccccc1Br. The van der Waals surface area contributed by atoms with Gasteiger partial charge in [0.1, 0.15) is 4.66 Å². The molecule has 0 spiro atoms. The van der Waals surface area contributed by atoms with Crippen molar-refractivity contribution in [2.45, 2.75) is 6.54 Å². The first-order valence-corrected chi connectivity index (χ1v) is 7.38. The van der Waals surface area contributed by atoms with E-state index in [-0.39, 0.29) is 4.66 Å². The van der Waals surface area contributed by atoms with Crippen molar-refractivity contribution in [2.75, 3.05) is 4.66 Å². The summed E-state index contributed by atoms with van der Waals surface area (Å²) in [4.78, 5) is 0. The monoisotopic (exact) mass is 341 g/mol. The molecule has 0 amide bonds. The van der Waals surface area contributed by atoms with Crippen LogP contribution in [0.15, 0.2) is 28.7 Å². The third-order valence-corrected chi connectivity index (χ3v) is 5.04. The quantitative estimate of drug-likeness (QED) is 0.853. The number of rotatable bonds is 4. The lowest BCUT2D eigenvalue weighted by molar-refractivity contribution is 0.586. The van der Waals surface area contributed by atoms with E-state index in [0.29, 0.717) is 6.54 Å². The van der Waals surface area contributed by atoms with Gasteiger partial charge < -0.3 is 0 Å². The molecule has 0 atom stereocenters. The average Bonchev–Trinajstić information content (AvgIpc) is 2.17. The zero-order valence-electron chi connectivity index (χ0n) is 7.20. The number of nitrogens with one attached hydrogen (secondary N) is 1. The maximum atomic E-state index is 11.1. The fraction of sp³-hybridized carbons (Fsp3) is 0.250. The first kappa shape index (κ1) is 12.2. The van der Waals surface area contributed by atoms with Crippen molar-refractivity contribution in [3.63, 3.8) is 0 Å². The number of halogens is 2. The third-order valence-electron chi connectivity index (χ3n) is 1.58. The topological polar surface area (TPSA) is 46.2 Å². The summed E-state index contributed by atoms with van der Waals surface area (Å²) in [6.07, 6.45) is 0. The highest BCUT2D eigenvalue weighted by Crippen LogP contribution is 2.15. The van der Waals surface area contributed by atoms with Crippen molar-refractivity contribution < 1.29 is 8.42 Å². The molecule has 0 saturated heterocycles. The molecule has 0 saturated carbocycles. The molecule has 0 bridgehead atoms. The predicted molar refractivity (Wildman–Crippen MR) is 63.7 cm³/mol. The van der Waals surface area contributed by atoms with Crippen LogP contribution in [0.1, 0.15) is 5.56 Å². The van der Waals surface area contributed by atoms with Gasteiger partial charge in [0.2, 0.25) is 10.0 Å². The normalized spacial score (nSPS) is 11.6. The molecule has 1 N–H and O–H groups in total. The Labute approximate surface area is 100 Å². The molecule has 0 heterocycles. The molecule has 0 aliphatic rings. The second-order valence-corrected chi connectivity index (χ2v) is 6.60. The fourth-order valence-electron chi connectivity index (χ4n) is 0.868. The van der Waals surface area contributed by atoms with E-state index in [2.05, 4.69) is 36.6 Å². The van der Waals surface area contributed by atoms with Gasteiger partial charge in [-0.15, -0.1) is 0 Å². The van der Waals surface area contributed by atoms with E-state index in [1.54, 1.807) is 0 Å². The van der Waals surface area contributed by atoms with Crippen LogP contribution in [0.2, 0.25) is 0 Å². The van der Waals surface area contributed by atoms with E-state index in [9.17, 15) is 8.42 Å². The Bertz CT molecular complexity index is 406. The first-order valence-electron chi connectivity index (χ1n) is 3.82. The Balaban J connectivity index is 2.68. The highest BCUT2D eigenvalue weighted by molar-refractivity contribution is 9.11. The zero-order chi connectivity index (χ0) is 10.6. The van der Waals surface area contributed by atoms with Gasteiger partial charge in [-0.2, -0.15) is 0 Å². The highest BCUT2D eigenvalue weighted by Gasteiger charge is 2.07. The molecule has 1 aromatic rings. The molecule has 6 heteroatoms. The third kappa shape index (κ3) is 3.68. The van der Waals surface area contributed by atoms with Crippen molar-refractivity contribution in [1.29, 1.82) is 0 Å². The maximum absolute atomic E-state index is 11.1. The van der Waals surface area contributed by atoms with Gasteiger partial charge in [0.25, 0.3) is 0 Å². The fourth-order valence-corrected chi connectivity index (χ4v) is 2.23. The first-order chi connectivity index (χ1) is 6.55. The van der Waals surface area contributed by atoms with Gasteiger partial charge in [0.05, 0.1) is 0 Å². The summed E-state index contributed by atoms with van der Waals surface area (Å²) in [5, 5.41) is 0. The van der Waals surface area contributed by atoms with Crippen molar-refractivity contribution in [3.05, 3.63) is 34.3 Å². The lowest BCUT2D eigenvalue weighted by Crippen LogP contribution is -2.23. The van der Waals surface area contributed by atoms with Gasteiger partial charge in [0.15, 0.2) is 0 Å². The van der Waals surface area contributed by atoms with Crippen LogP contribution < -0.4 is 4.72 Å². The van der Waals surface area contributed by atoms with Crippen LogP contribution in [-0.2, 0) is 16.6 Å². The largest absolute Gasteiger partial charge is 0.221 e. The number of sulfonamides is 1. The van der Waals surface area contributed by atoms with Crippen LogP contribution in [0.4, 0.5) is 0 Å². The van der Waals surface area contributed by atoms with Gasteiger partial charge in [-0.25, -0.2) is 13.1 Å². The van der Waals surface area contributed by atoms with Gasteiger partial charge in [-0.05, 0) is 11.6 Å². The Kier molecular flexibility index (Phi) is 4.56. The number of hydrogen-bond donors (Lipinski definition) is 1. The van der Waals surface area contributed by atoms with E-state index >= 15 is 0 Å². The highest BCUT2D eigenvalue weighted by atomic mass is 79.9. The molecule has 0 radical (unpaired) electrons. The smallest absolute Gasteiger partial charge is 0.212 e. The van der Waals surface area contributed by atoms with E-state index in [4.69, 9.17) is 0 Å². The maximum Gasteiger partial charge on any atom is 0.221 e. The van der Waals surface area contributed by atoms with Gasteiger partial charge in [-0.1, -0.05) is 50.1 Å². The van der Waals surface area contributed by atoms with E-state index in [1.807, 2.05) is 24.3 Å². The van der Waals surface area contributed by atoms with Crippen LogP contribution in [0.3, 0.4) is 0 Å². The molecular weight excluding hydrogens is 334 g/mol. The summed E-state index contributed by atoms with van der Waals surface area (Å²) in [5.41, 5.74) is 0.914. The van der Waals surface area contributed by atoms with Gasteiger partial charge in [-0.3, -0.25) is 0 Å². The molecule has 0 unspecified atom stereocenters. The molecule has 0 aliphatic heterocycles. The molecule has 1 rings (SSSR count). The summed E-state index contributed by atoms with van der Waals surface area (Å²) < 4.78 is 25.5. The van der Waals surface area contributed by atoms with Crippen molar-refractivity contribution in [2.24, 2.45) is 0 Å². The molecule has 78 valence electrons. The Morgan fingerprint density at radius 3 is 2.50 bits per heavy atom. The molecular formula is C8H9Br2NO2S. The Morgan fingerprint density at radius 1 is 1.29 bits per heavy atom. The minimum Gasteiger partial charge on any atom is -0.212 e.